The topological polar surface area (TPSA) is 54.3 Å². The summed E-state index contributed by atoms with van der Waals surface area (Å²) >= 11 is 0. The van der Waals surface area contributed by atoms with E-state index in [1.54, 1.807) is 17.0 Å². The number of pyridine rings is 1. The Morgan fingerprint density at radius 3 is 2.79 bits per heavy atom. The molecule has 1 atom stereocenters. The van der Waals surface area contributed by atoms with Gasteiger partial charge in [-0.25, -0.2) is 0 Å². The molecule has 3 rings (SSSR count). The highest BCUT2D eigenvalue weighted by molar-refractivity contribution is 5.93. The Hall–Kier alpha value is -1.62. The van der Waals surface area contributed by atoms with Crippen LogP contribution in [0.3, 0.4) is 0 Å². The number of nitrogens with zero attached hydrogens (tertiary/aromatic N) is 2. The lowest BCUT2D eigenvalue weighted by Gasteiger charge is -2.31. The molecule has 24 heavy (non-hydrogen) atoms. The van der Waals surface area contributed by atoms with E-state index >= 15 is 0 Å². The Bertz CT molecular complexity index is 619. The molecule has 1 saturated carbocycles. The second-order valence-electron chi connectivity index (χ2n) is 7.39. The van der Waals surface area contributed by atoms with Gasteiger partial charge in [0.15, 0.2) is 5.43 Å². The summed E-state index contributed by atoms with van der Waals surface area (Å²) in [5.41, 5.74) is 0.0212. The van der Waals surface area contributed by atoms with Gasteiger partial charge in [-0.15, -0.1) is 0 Å². The maximum atomic E-state index is 12.3. The zero-order chi connectivity index (χ0) is 16.9. The Kier molecular flexibility index (Phi) is 5.72. The van der Waals surface area contributed by atoms with Gasteiger partial charge in [-0.3, -0.25) is 14.5 Å². The first-order valence-corrected chi connectivity index (χ1v) is 9.32. The summed E-state index contributed by atoms with van der Waals surface area (Å²) in [7, 11) is 1.82. The molecule has 0 bridgehead atoms. The third kappa shape index (κ3) is 4.26. The van der Waals surface area contributed by atoms with Crippen LogP contribution in [-0.2, 0) is 7.05 Å². The normalized spacial score (nSPS) is 22.6. The predicted molar refractivity (Wildman–Crippen MR) is 95.2 cm³/mol. The van der Waals surface area contributed by atoms with Crippen molar-refractivity contribution in [2.45, 2.75) is 51.0 Å². The summed E-state index contributed by atoms with van der Waals surface area (Å²) in [5.74, 6) is 0.581. The summed E-state index contributed by atoms with van der Waals surface area (Å²) < 4.78 is 1.74. The van der Waals surface area contributed by atoms with Gasteiger partial charge in [0.1, 0.15) is 5.56 Å². The van der Waals surface area contributed by atoms with Crippen LogP contribution in [0, 0.1) is 5.92 Å². The number of carbonyl (C=O) groups is 1. The zero-order valence-corrected chi connectivity index (χ0v) is 14.7. The number of hydrogen-bond acceptors (Lipinski definition) is 3. The molecule has 1 amide bonds. The van der Waals surface area contributed by atoms with Crippen LogP contribution in [0.1, 0.15) is 55.3 Å². The van der Waals surface area contributed by atoms with Crippen LogP contribution in [0.25, 0.3) is 0 Å². The molecule has 1 aliphatic carbocycles. The lowest BCUT2D eigenvalue weighted by Crippen LogP contribution is -2.43. The largest absolute Gasteiger partial charge is 0.356 e. The molecule has 5 nitrogen and oxygen atoms in total. The molecule has 5 heteroatoms. The van der Waals surface area contributed by atoms with Crippen molar-refractivity contribution < 1.29 is 4.79 Å². The van der Waals surface area contributed by atoms with Gasteiger partial charge in [0.25, 0.3) is 5.91 Å². The first kappa shape index (κ1) is 17.2. The fourth-order valence-electron chi connectivity index (χ4n) is 4.13. The Morgan fingerprint density at radius 1 is 1.21 bits per heavy atom. The predicted octanol–water partition coefficient (Wildman–Crippen LogP) is 2.16. The third-order valence-corrected chi connectivity index (χ3v) is 5.52. The SMILES string of the molecule is Cn1ccc(=O)c(C(=O)NCC2CCCN2CC2CCCCC2)c1. The lowest BCUT2D eigenvalue weighted by molar-refractivity contribution is 0.0934. The summed E-state index contributed by atoms with van der Waals surface area (Å²) in [6.45, 7) is 2.96. The molecular formula is C19H29N3O2. The van der Waals surface area contributed by atoms with Gasteiger partial charge in [0.2, 0.25) is 0 Å². The van der Waals surface area contributed by atoms with E-state index < -0.39 is 0 Å². The fourth-order valence-corrected chi connectivity index (χ4v) is 4.13. The number of aromatic nitrogens is 1. The number of likely N-dealkylation sites (tertiary alicyclic amines) is 1. The average molecular weight is 331 g/mol. The van der Waals surface area contributed by atoms with E-state index in [0.29, 0.717) is 12.6 Å². The molecule has 1 aromatic rings. The quantitative estimate of drug-likeness (QED) is 0.899. The summed E-state index contributed by atoms with van der Waals surface area (Å²) in [5, 5.41) is 2.98. The molecule has 1 aliphatic heterocycles. The van der Waals surface area contributed by atoms with Crippen molar-refractivity contribution in [3.05, 3.63) is 34.2 Å². The van der Waals surface area contributed by atoms with Crippen LogP contribution < -0.4 is 10.7 Å². The number of aryl methyl sites for hydroxylation is 1. The van der Waals surface area contributed by atoms with Crippen LogP contribution in [0.5, 0.6) is 0 Å². The van der Waals surface area contributed by atoms with Gasteiger partial charge in [-0.05, 0) is 38.1 Å². The van der Waals surface area contributed by atoms with Gasteiger partial charge < -0.3 is 9.88 Å². The number of rotatable bonds is 5. The van der Waals surface area contributed by atoms with Crippen LogP contribution in [-0.4, -0.2) is 41.1 Å². The van der Waals surface area contributed by atoms with E-state index in [1.165, 1.54) is 51.1 Å². The lowest BCUT2D eigenvalue weighted by atomic mass is 9.89. The van der Waals surface area contributed by atoms with Gasteiger partial charge in [0.05, 0.1) is 0 Å². The van der Waals surface area contributed by atoms with Crippen molar-refractivity contribution >= 4 is 5.91 Å². The second kappa shape index (κ2) is 7.97. The van der Waals surface area contributed by atoms with E-state index in [1.807, 2.05) is 7.05 Å². The molecule has 1 saturated heterocycles. The highest BCUT2D eigenvalue weighted by Crippen LogP contribution is 2.27. The van der Waals surface area contributed by atoms with Crippen molar-refractivity contribution in [2.75, 3.05) is 19.6 Å². The molecule has 1 unspecified atom stereocenters. The number of hydrogen-bond donors (Lipinski definition) is 1. The first-order chi connectivity index (χ1) is 11.6. The minimum absolute atomic E-state index is 0.212. The second-order valence-corrected chi connectivity index (χ2v) is 7.39. The molecule has 0 spiro atoms. The molecule has 1 aromatic heterocycles. The van der Waals surface area contributed by atoms with Crippen LogP contribution in [0.2, 0.25) is 0 Å². The summed E-state index contributed by atoms with van der Waals surface area (Å²) in [6.07, 6.45) is 12.5. The molecule has 132 valence electrons. The van der Waals surface area contributed by atoms with Crippen LogP contribution in [0.4, 0.5) is 0 Å². The number of nitrogens with one attached hydrogen (secondary N) is 1. The molecule has 2 fully saturated rings. The van der Waals surface area contributed by atoms with Gasteiger partial charge >= 0.3 is 0 Å². The third-order valence-electron chi connectivity index (χ3n) is 5.52. The van der Waals surface area contributed by atoms with E-state index in [4.69, 9.17) is 0 Å². The van der Waals surface area contributed by atoms with Crippen molar-refractivity contribution in [1.29, 1.82) is 0 Å². The van der Waals surface area contributed by atoms with Gasteiger partial charge in [0, 0.05) is 44.6 Å². The van der Waals surface area contributed by atoms with Crippen molar-refractivity contribution in [3.63, 3.8) is 0 Å². The molecule has 0 aromatic carbocycles. The zero-order valence-electron chi connectivity index (χ0n) is 14.7. The Morgan fingerprint density at radius 2 is 2.00 bits per heavy atom. The van der Waals surface area contributed by atoms with Crippen molar-refractivity contribution in [2.24, 2.45) is 13.0 Å². The molecule has 2 heterocycles. The monoisotopic (exact) mass is 331 g/mol. The van der Waals surface area contributed by atoms with E-state index in [9.17, 15) is 9.59 Å². The Labute approximate surface area is 144 Å². The average Bonchev–Trinajstić information content (AvgIpc) is 3.03. The minimum atomic E-state index is -0.249. The molecule has 1 N–H and O–H groups in total. The summed E-state index contributed by atoms with van der Waals surface area (Å²) in [6, 6.07) is 1.86. The van der Waals surface area contributed by atoms with Crippen molar-refractivity contribution in [1.82, 2.24) is 14.8 Å². The first-order valence-electron chi connectivity index (χ1n) is 9.32. The maximum Gasteiger partial charge on any atom is 0.256 e. The van der Waals surface area contributed by atoms with E-state index in [0.717, 1.165) is 18.9 Å². The van der Waals surface area contributed by atoms with Crippen LogP contribution >= 0.6 is 0 Å². The molecule has 2 aliphatic rings. The number of carbonyl (C=O) groups excluding carboxylic acids is 1. The van der Waals surface area contributed by atoms with Crippen molar-refractivity contribution in [3.8, 4) is 0 Å². The molecular weight excluding hydrogens is 302 g/mol. The maximum absolute atomic E-state index is 12.3. The van der Waals surface area contributed by atoms with Crippen LogP contribution in [0.15, 0.2) is 23.3 Å². The van der Waals surface area contributed by atoms with E-state index in [-0.39, 0.29) is 16.9 Å². The minimum Gasteiger partial charge on any atom is -0.356 e. The number of amides is 1. The standard InChI is InChI=1S/C19H29N3O2/c1-21-11-9-18(23)17(14-21)19(24)20-12-16-8-5-10-22(16)13-15-6-3-2-4-7-15/h9,11,14-16H,2-8,10,12-13H2,1H3,(H,20,24). The molecule has 0 radical (unpaired) electrons. The summed E-state index contributed by atoms with van der Waals surface area (Å²) in [4.78, 5) is 26.7. The van der Waals surface area contributed by atoms with Gasteiger partial charge in [-0.1, -0.05) is 19.3 Å². The fraction of sp³-hybridized carbons (Fsp3) is 0.684. The van der Waals surface area contributed by atoms with E-state index in [2.05, 4.69) is 10.2 Å². The Balaban J connectivity index is 1.53. The highest BCUT2D eigenvalue weighted by Gasteiger charge is 2.27. The van der Waals surface area contributed by atoms with Gasteiger partial charge in [-0.2, -0.15) is 0 Å². The smallest absolute Gasteiger partial charge is 0.256 e. The highest BCUT2D eigenvalue weighted by atomic mass is 16.2.